The number of likely N-dealkylation sites (tertiary alicyclic amines) is 1. The van der Waals surface area contributed by atoms with Crippen molar-refractivity contribution in [1.82, 2.24) is 9.88 Å². The van der Waals surface area contributed by atoms with Gasteiger partial charge < -0.3 is 5.73 Å². The summed E-state index contributed by atoms with van der Waals surface area (Å²) in [7, 11) is 0. The molecule has 17 heavy (non-hydrogen) atoms. The third-order valence-corrected chi connectivity index (χ3v) is 3.57. The summed E-state index contributed by atoms with van der Waals surface area (Å²) in [5, 5.41) is 0. The maximum absolute atomic E-state index is 5.74. The number of aromatic nitrogens is 1. The molecule has 0 radical (unpaired) electrons. The van der Waals surface area contributed by atoms with E-state index >= 15 is 0 Å². The lowest BCUT2D eigenvalue weighted by atomic mass is 9.98. The molecule has 1 aromatic rings. The first-order valence-corrected chi connectivity index (χ1v) is 6.60. The molecule has 1 fully saturated rings. The van der Waals surface area contributed by atoms with Crippen LogP contribution in [0.5, 0.6) is 0 Å². The van der Waals surface area contributed by atoms with Gasteiger partial charge in [0.1, 0.15) is 4.60 Å². The van der Waals surface area contributed by atoms with E-state index in [-0.39, 0.29) is 12.4 Å². The van der Waals surface area contributed by atoms with Crippen LogP contribution >= 0.6 is 28.3 Å². The van der Waals surface area contributed by atoms with E-state index < -0.39 is 0 Å². The summed E-state index contributed by atoms with van der Waals surface area (Å²) in [6, 6.07) is 4.17. The van der Waals surface area contributed by atoms with Crippen molar-refractivity contribution in [1.29, 1.82) is 0 Å². The smallest absolute Gasteiger partial charge is 0.106 e. The van der Waals surface area contributed by atoms with Gasteiger partial charge in [0.05, 0.1) is 0 Å². The Labute approximate surface area is 117 Å². The van der Waals surface area contributed by atoms with Gasteiger partial charge in [-0.25, -0.2) is 4.98 Å². The molecule has 1 aromatic heterocycles. The summed E-state index contributed by atoms with van der Waals surface area (Å²) in [5.41, 5.74) is 7.06. The second-order valence-electron chi connectivity index (χ2n) is 4.47. The molecule has 0 aliphatic carbocycles. The van der Waals surface area contributed by atoms with Crippen LogP contribution in [-0.4, -0.2) is 29.5 Å². The van der Waals surface area contributed by atoms with E-state index in [9.17, 15) is 0 Å². The van der Waals surface area contributed by atoms with E-state index in [4.69, 9.17) is 5.73 Å². The lowest BCUT2D eigenvalue weighted by Crippen LogP contribution is -2.37. The SMILES string of the molecule is Cl.NCC1CCCN(Cc2ccnc(Br)c2)C1. The van der Waals surface area contributed by atoms with Gasteiger partial charge in [0.25, 0.3) is 0 Å². The van der Waals surface area contributed by atoms with Crippen molar-refractivity contribution >= 4 is 28.3 Å². The molecule has 2 rings (SSSR count). The van der Waals surface area contributed by atoms with Crippen LogP contribution in [0.25, 0.3) is 0 Å². The van der Waals surface area contributed by atoms with Crippen LogP contribution in [0.3, 0.4) is 0 Å². The molecule has 1 aliphatic rings. The van der Waals surface area contributed by atoms with Crippen LogP contribution in [-0.2, 0) is 6.54 Å². The summed E-state index contributed by atoms with van der Waals surface area (Å²) in [5.74, 6) is 0.680. The molecule has 0 aromatic carbocycles. The Kier molecular flexibility index (Phi) is 6.41. The average Bonchev–Trinajstić information content (AvgIpc) is 2.29. The zero-order valence-corrected chi connectivity index (χ0v) is 12.2. The number of nitrogens with two attached hydrogens (primary N) is 1. The molecule has 1 saturated heterocycles. The van der Waals surface area contributed by atoms with Crippen molar-refractivity contribution in [2.75, 3.05) is 19.6 Å². The fourth-order valence-corrected chi connectivity index (χ4v) is 2.70. The Morgan fingerprint density at radius 2 is 2.35 bits per heavy atom. The molecule has 2 N–H and O–H groups in total. The van der Waals surface area contributed by atoms with Gasteiger partial charge in [0.2, 0.25) is 0 Å². The van der Waals surface area contributed by atoms with Gasteiger partial charge in [0.15, 0.2) is 0 Å². The summed E-state index contributed by atoms with van der Waals surface area (Å²) in [6.45, 7) is 4.15. The van der Waals surface area contributed by atoms with Gasteiger partial charge in [-0.3, -0.25) is 4.90 Å². The number of piperidine rings is 1. The normalized spacial score (nSPS) is 20.9. The highest BCUT2D eigenvalue weighted by Gasteiger charge is 2.18. The van der Waals surface area contributed by atoms with Crippen molar-refractivity contribution in [3.05, 3.63) is 28.5 Å². The Balaban J connectivity index is 0.00000144. The molecular formula is C12H19BrClN3. The van der Waals surface area contributed by atoms with Crippen LogP contribution < -0.4 is 5.73 Å². The number of pyridine rings is 1. The summed E-state index contributed by atoms with van der Waals surface area (Å²) < 4.78 is 0.914. The third-order valence-electron chi connectivity index (χ3n) is 3.13. The minimum atomic E-state index is 0. The molecule has 0 saturated carbocycles. The first-order chi connectivity index (χ1) is 7.78. The molecule has 1 atom stereocenters. The monoisotopic (exact) mass is 319 g/mol. The number of rotatable bonds is 3. The lowest BCUT2D eigenvalue weighted by molar-refractivity contribution is 0.171. The first kappa shape index (κ1) is 14.9. The van der Waals surface area contributed by atoms with E-state index in [1.165, 1.54) is 24.9 Å². The molecule has 0 amide bonds. The van der Waals surface area contributed by atoms with Crippen LogP contribution in [0, 0.1) is 5.92 Å². The fourth-order valence-electron chi connectivity index (χ4n) is 2.29. The number of hydrogen-bond acceptors (Lipinski definition) is 3. The zero-order chi connectivity index (χ0) is 11.4. The second-order valence-corrected chi connectivity index (χ2v) is 5.28. The van der Waals surface area contributed by atoms with E-state index in [0.717, 1.165) is 24.2 Å². The van der Waals surface area contributed by atoms with Gasteiger partial charge in [-0.05, 0) is 65.5 Å². The van der Waals surface area contributed by atoms with E-state index in [1.54, 1.807) is 0 Å². The number of hydrogen-bond donors (Lipinski definition) is 1. The van der Waals surface area contributed by atoms with Gasteiger partial charge in [0, 0.05) is 19.3 Å². The topological polar surface area (TPSA) is 42.1 Å². The summed E-state index contributed by atoms with van der Waals surface area (Å²) in [4.78, 5) is 6.63. The fraction of sp³-hybridized carbons (Fsp3) is 0.583. The van der Waals surface area contributed by atoms with Crippen molar-refractivity contribution < 1.29 is 0 Å². The van der Waals surface area contributed by atoms with Crippen LogP contribution in [0.4, 0.5) is 0 Å². The Hall–Kier alpha value is -0.160. The predicted octanol–water partition coefficient (Wildman–Crippen LogP) is 2.44. The Morgan fingerprint density at radius 1 is 1.53 bits per heavy atom. The Bertz CT molecular complexity index is 348. The highest BCUT2D eigenvalue weighted by Crippen LogP contribution is 2.18. The number of halogens is 2. The molecule has 3 nitrogen and oxygen atoms in total. The predicted molar refractivity (Wildman–Crippen MR) is 76.2 cm³/mol. The van der Waals surface area contributed by atoms with Gasteiger partial charge in [-0.2, -0.15) is 0 Å². The van der Waals surface area contributed by atoms with Gasteiger partial charge in [-0.15, -0.1) is 12.4 Å². The van der Waals surface area contributed by atoms with Gasteiger partial charge in [-0.1, -0.05) is 0 Å². The molecule has 2 heterocycles. The summed E-state index contributed by atoms with van der Waals surface area (Å²) in [6.07, 6.45) is 4.41. The van der Waals surface area contributed by atoms with Crippen LogP contribution in [0.2, 0.25) is 0 Å². The van der Waals surface area contributed by atoms with Gasteiger partial charge >= 0.3 is 0 Å². The largest absolute Gasteiger partial charge is 0.330 e. The average molecular weight is 321 g/mol. The highest BCUT2D eigenvalue weighted by molar-refractivity contribution is 9.10. The molecule has 1 aliphatic heterocycles. The molecular weight excluding hydrogens is 302 g/mol. The molecule has 5 heteroatoms. The summed E-state index contributed by atoms with van der Waals surface area (Å²) >= 11 is 3.40. The van der Waals surface area contributed by atoms with E-state index in [2.05, 4.69) is 37.9 Å². The van der Waals surface area contributed by atoms with Crippen molar-refractivity contribution in [3.63, 3.8) is 0 Å². The number of nitrogens with zero attached hydrogens (tertiary/aromatic N) is 2. The van der Waals surface area contributed by atoms with Crippen molar-refractivity contribution in [3.8, 4) is 0 Å². The minimum Gasteiger partial charge on any atom is -0.330 e. The zero-order valence-electron chi connectivity index (χ0n) is 9.81. The quantitative estimate of drug-likeness (QED) is 0.870. The standard InChI is InChI=1S/C12H18BrN3.ClH/c13-12-6-10(3-4-15-12)8-16-5-1-2-11(7-14)9-16;/h3-4,6,11H,1-2,5,7-9,14H2;1H. The molecule has 0 spiro atoms. The third kappa shape index (κ3) is 4.54. The second kappa shape index (κ2) is 7.31. The lowest BCUT2D eigenvalue weighted by Gasteiger charge is -2.32. The van der Waals surface area contributed by atoms with E-state index in [1.807, 2.05) is 6.20 Å². The Morgan fingerprint density at radius 3 is 3.06 bits per heavy atom. The first-order valence-electron chi connectivity index (χ1n) is 5.81. The molecule has 96 valence electrons. The van der Waals surface area contributed by atoms with E-state index in [0.29, 0.717) is 5.92 Å². The van der Waals surface area contributed by atoms with Crippen molar-refractivity contribution in [2.24, 2.45) is 11.7 Å². The maximum Gasteiger partial charge on any atom is 0.106 e. The van der Waals surface area contributed by atoms with Crippen LogP contribution in [0.15, 0.2) is 22.9 Å². The highest BCUT2D eigenvalue weighted by atomic mass is 79.9. The maximum atomic E-state index is 5.74. The molecule has 1 unspecified atom stereocenters. The molecule has 0 bridgehead atoms. The minimum absolute atomic E-state index is 0. The van der Waals surface area contributed by atoms with Crippen LogP contribution in [0.1, 0.15) is 18.4 Å². The van der Waals surface area contributed by atoms with Crippen molar-refractivity contribution in [2.45, 2.75) is 19.4 Å².